The summed E-state index contributed by atoms with van der Waals surface area (Å²) in [5.74, 6) is -0.138. The second kappa shape index (κ2) is 10.2. The zero-order valence-corrected chi connectivity index (χ0v) is 18.7. The molecule has 0 fully saturated rings. The molecule has 0 aromatic carbocycles. The molecule has 2 aliphatic heterocycles. The molecular formula is C12H16MoN4O8PS2-3. The van der Waals surface area contributed by atoms with Crippen molar-refractivity contribution >= 4 is 44.8 Å². The second-order valence-corrected chi connectivity index (χ2v) is 7.81. The number of nitrogens with two attached hydrogens (primary N) is 1. The second-order valence-electron chi connectivity index (χ2n) is 5.36. The van der Waals surface area contributed by atoms with Crippen LogP contribution in [0.3, 0.4) is 0 Å². The van der Waals surface area contributed by atoms with Crippen LogP contribution in [0.2, 0.25) is 0 Å². The number of nitrogens with one attached hydrogen (secondary N) is 2. The maximum absolute atomic E-state index is 12.0. The van der Waals surface area contributed by atoms with E-state index in [1.54, 1.807) is 0 Å². The van der Waals surface area contributed by atoms with E-state index >= 15 is 0 Å². The molecule has 6 N–H and O–H groups in total. The molecule has 0 bridgehead atoms. The SMILES string of the molecule is Nc1nc2c(c(=O)[nH]1)C[C@H]1C([S-])=C([S-])[C@@H](COP(=O)(O)O)O[C@H]1N2.[CH3-].[O]=[Mo]=[O]. The Balaban J connectivity index is 0.000000921. The molecule has 3 atom stereocenters. The summed E-state index contributed by atoms with van der Waals surface area (Å²) < 4.78 is 38.0. The zero-order valence-electron chi connectivity index (χ0n) is 14.2. The summed E-state index contributed by atoms with van der Waals surface area (Å²) in [6.45, 7) is -0.439. The number of H-pyrrole nitrogens is 1. The van der Waals surface area contributed by atoms with E-state index in [1.165, 1.54) is 0 Å². The minimum absolute atomic E-state index is 0. The third-order valence-electron chi connectivity index (χ3n) is 3.68. The molecule has 0 radical (unpaired) electrons. The number of phosphoric acid groups is 1. The van der Waals surface area contributed by atoms with Crippen molar-refractivity contribution in [3.05, 3.63) is 33.2 Å². The van der Waals surface area contributed by atoms with Crippen LogP contribution in [0.5, 0.6) is 0 Å². The van der Waals surface area contributed by atoms with Crippen LogP contribution < -0.4 is 16.6 Å². The average Bonchev–Trinajstić information content (AvgIpc) is 2.55. The predicted octanol–water partition coefficient (Wildman–Crippen LogP) is -0.714. The molecule has 12 nitrogen and oxygen atoms in total. The number of rotatable bonds is 3. The molecule has 28 heavy (non-hydrogen) atoms. The summed E-state index contributed by atoms with van der Waals surface area (Å²) in [6, 6.07) is 0. The third kappa shape index (κ3) is 6.01. The topological polar surface area (TPSA) is 194 Å². The Hall–Kier alpha value is -0.982. The number of phosphoric ester groups is 1. The molecular weight excluding hydrogens is 519 g/mol. The molecule has 0 aliphatic carbocycles. The zero-order chi connectivity index (χ0) is 20.4. The van der Waals surface area contributed by atoms with Crippen LogP contribution in [-0.4, -0.2) is 38.7 Å². The summed E-state index contributed by atoms with van der Waals surface area (Å²) in [6.07, 6.45) is -1.29. The predicted molar refractivity (Wildman–Crippen MR) is 96.3 cm³/mol. The molecule has 0 spiro atoms. The van der Waals surface area contributed by atoms with Crippen LogP contribution in [-0.2, 0) is 70.8 Å². The number of hydrogen-bond donors (Lipinski definition) is 5. The Bertz CT molecular complexity index is 900. The van der Waals surface area contributed by atoms with Gasteiger partial charge in [-0.05, 0) is 6.42 Å². The summed E-state index contributed by atoms with van der Waals surface area (Å²) in [7, 11) is -4.66. The van der Waals surface area contributed by atoms with Gasteiger partial charge in [-0.2, -0.15) is 9.89 Å². The number of hydrogen-bond acceptors (Lipinski definition) is 11. The quantitative estimate of drug-likeness (QED) is 0.141. The van der Waals surface area contributed by atoms with Gasteiger partial charge in [-0.15, -0.1) is 0 Å². The molecule has 1 aromatic rings. The van der Waals surface area contributed by atoms with Gasteiger partial charge in [-0.1, -0.05) is 0 Å². The summed E-state index contributed by atoms with van der Waals surface area (Å²) in [5.41, 5.74) is 5.54. The minimum atomic E-state index is -4.66. The van der Waals surface area contributed by atoms with Crippen LogP contribution in [0.25, 0.3) is 0 Å². The van der Waals surface area contributed by atoms with Gasteiger partial charge < -0.3 is 58.3 Å². The Kier molecular flexibility index (Phi) is 9.10. The molecule has 3 rings (SSSR count). The van der Waals surface area contributed by atoms with Gasteiger partial charge in [0.05, 0.1) is 18.3 Å². The van der Waals surface area contributed by atoms with Gasteiger partial charge in [-0.3, -0.25) is 14.3 Å². The van der Waals surface area contributed by atoms with E-state index in [-0.39, 0.29) is 42.0 Å². The molecule has 0 amide bonds. The standard InChI is InChI=1S/C11H15N4O6PS2.CH3.Mo.2O/c12-11-14-8-4(9(16)15-11)1-3-6(23)7(24)5(21-10(3)13-8)2-20-22(17,18)19;;;;/h3,5,10,23-24H,1-2H2,(H2,17,18,19)(H4,12,13,14,15,16);1H3;;;/q;-1;;;/p-2/t3-,5+,10+;;;;/m0..../s1. The van der Waals surface area contributed by atoms with Gasteiger partial charge in [0.1, 0.15) is 12.0 Å². The molecule has 2 aliphatic rings. The van der Waals surface area contributed by atoms with E-state index in [0.29, 0.717) is 10.5 Å². The van der Waals surface area contributed by atoms with E-state index in [9.17, 15) is 9.36 Å². The van der Waals surface area contributed by atoms with Crippen molar-refractivity contribution < 1.29 is 48.9 Å². The molecule has 1 aromatic heterocycles. The van der Waals surface area contributed by atoms with E-state index < -0.39 is 45.3 Å². The first-order valence-electron chi connectivity index (χ1n) is 7.08. The number of ether oxygens (including phenoxy) is 1. The van der Waals surface area contributed by atoms with Crippen molar-refractivity contribution in [1.82, 2.24) is 9.97 Å². The maximum atomic E-state index is 12.0. The average molecular weight is 535 g/mol. The fraction of sp³-hybridized carbons (Fsp3) is 0.417. The fourth-order valence-corrected chi connectivity index (χ4v) is 3.55. The molecule has 0 unspecified atom stereocenters. The number of nitrogen functional groups attached to an aromatic ring is 1. The van der Waals surface area contributed by atoms with Gasteiger partial charge in [0, 0.05) is 5.92 Å². The Morgan fingerprint density at radius 2 is 1.96 bits per heavy atom. The monoisotopic (exact) mass is 537 g/mol. The van der Waals surface area contributed by atoms with Gasteiger partial charge in [-0.25, -0.2) is 9.47 Å². The van der Waals surface area contributed by atoms with Crippen LogP contribution in [0.4, 0.5) is 11.8 Å². The molecule has 158 valence electrons. The first-order chi connectivity index (χ1) is 12.6. The van der Waals surface area contributed by atoms with Crippen LogP contribution in [0.1, 0.15) is 5.56 Å². The molecule has 3 heterocycles. The van der Waals surface area contributed by atoms with Crippen LogP contribution in [0, 0.1) is 13.3 Å². The Morgan fingerprint density at radius 1 is 1.36 bits per heavy atom. The van der Waals surface area contributed by atoms with Crippen molar-refractivity contribution in [2.45, 2.75) is 18.8 Å². The number of aromatic amines is 1. The van der Waals surface area contributed by atoms with Crippen molar-refractivity contribution in [1.29, 1.82) is 0 Å². The van der Waals surface area contributed by atoms with Crippen LogP contribution >= 0.6 is 7.82 Å². The van der Waals surface area contributed by atoms with Crippen LogP contribution in [0.15, 0.2) is 14.6 Å². The van der Waals surface area contributed by atoms with Crippen molar-refractivity contribution in [2.75, 3.05) is 17.7 Å². The number of fused-ring (bicyclic) bond motifs is 2. The summed E-state index contributed by atoms with van der Waals surface area (Å²) in [4.78, 5) is 36.6. The van der Waals surface area contributed by atoms with E-state index in [4.69, 9.17) is 52.3 Å². The van der Waals surface area contributed by atoms with Gasteiger partial charge in [0.2, 0.25) is 5.95 Å². The molecule has 0 saturated heterocycles. The molecule has 0 saturated carbocycles. The fourth-order valence-electron chi connectivity index (χ4n) is 2.61. The third-order valence-corrected chi connectivity index (χ3v) is 5.30. The summed E-state index contributed by atoms with van der Waals surface area (Å²) >= 11 is 8.52. The Morgan fingerprint density at radius 3 is 2.54 bits per heavy atom. The normalized spacial score (nSPS) is 23.1. The van der Waals surface area contributed by atoms with Crippen molar-refractivity contribution in [3.8, 4) is 0 Å². The first-order valence-corrected chi connectivity index (χ1v) is 11.1. The van der Waals surface area contributed by atoms with Gasteiger partial charge in [0.15, 0.2) is 0 Å². The van der Waals surface area contributed by atoms with Gasteiger partial charge >= 0.3 is 33.1 Å². The molecule has 16 heteroatoms. The van der Waals surface area contributed by atoms with E-state index in [0.717, 1.165) is 0 Å². The van der Waals surface area contributed by atoms with E-state index in [2.05, 4.69) is 19.8 Å². The first kappa shape index (κ1) is 25.1. The number of nitrogens with zero attached hydrogens (tertiary/aromatic N) is 1. The number of aromatic nitrogens is 2. The summed E-state index contributed by atoms with van der Waals surface area (Å²) in [5, 5.41) is 2.93. The van der Waals surface area contributed by atoms with E-state index in [1.807, 2.05) is 0 Å². The Labute approximate surface area is 178 Å². The van der Waals surface area contributed by atoms with Gasteiger partial charge in [0.25, 0.3) is 5.56 Å². The van der Waals surface area contributed by atoms with Crippen molar-refractivity contribution in [3.63, 3.8) is 0 Å². The number of anilines is 2. The van der Waals surface area contributed by atoms with Crippen molar-refractivity contribution in [2.24, 2.45) is 5.92 Å².